The maximum Gasteiger partial charge on any atom is 0.176 e. The fourth-order valence-electron chi connectivity index (χ4n) is 0.548. The summed E-state index contributed by atoms with van der Waals surface area (Å²) < 4.78 is 0. The van der Waals surface area contributed by atoms with E-state index in [1.807, 2.05) is 26.2 Å². The monoisotopic (exact) mass is 150 g/mol. The molecule has 0 spiro atoms. The summed E-state index contributed by atoms with van der Waals surface area (Å²) in [5.41, 5.74) is 0. The van der Waals surface area contributed by atoms with E-state index in [-0.39, 0.29) is 0 Å². The lowest BCUT2D eigenvalue weighted by Crippen LogP contribution is -1.98. The van der Waals surface area contributed by atoms with E-state index in [1.54, 1.807) is 17.3 Å². The van der Waals surface area contributed by atoms with Gasteiger partial charge in [-0.05, 0) is 12.1 Å². The minimum Gasteiger partial charge on any atom is -0.285 e. The van der Waals surface area contributed by atoms with E-state index in [0.717, 1.165) is 0 Å². The van der Waals surface area contributed by atoms with Crippen LogP contribution >= 0.6 is 0 Å². The minimum absolute atomic E-state index is 0.626. The Balaban J connectivity index is 2.65. The maximum absolute atomic E-state index is 3.96. The number of nitrogens with zero attached hydrogens (tertiary/aromatic N) is 4. The van der Waals surface area contributed by atoms with Crippen molar-refractivity contribution in [1.29, 1.82) is 0 Å². The Morgan fingerprint density at radius 3 is 2.73 bits per heavy atom. The number of hydrogen-bond donors (Lipinski definition) is 0. The van der Waals surface area contributed by atoms with Crippen LogP contribution in [0.2, 0.25) is 0 Å². The molecule has 1 aromatic heterocycles. The van der Waals surface area contributed by atoms with E-state index >= 15 is 0 Å². The van der Waals surface area contributed by atoms with Crippen molar-refractivity contribution in [2.75, 3.05) is 14.1 Å². The van der Waals surface area contributed by atoms with Crippen LogP contribution in [0.1, 0.15) is 0 Å². The average Bonchev–Trinajstić information content (AvgIpc) is 2.03. The standard InChI is InChI=1S/C7H10N4/c1-11(2)10-9-7-5-3-4-6-8-7/h3-6H,1-2H3. The average molecular weight is 150 g/mol. The molecule has 0 aliphatic rings. The smallest absolute Gasteiger partial charge is 0.176 e. The lowest BCUT2D eigenvalue weighted by molar-refractivity contribution is 0.408. The molecule has 0 saturated heterocycles. The fourth-order valence-corrected chi connectivity index (χ4v) is 0.548. The van der Waals surface area contributed by atoms with Gasteiger partial charge in [-0.15, -0.1) is 5.11 Å². The topological polar surface area (TPSA) is 40.9 Å². The second-order valence-corrected chi connectivity index (χ2v) is 2.22. The minimum atomic E-state index is 0.626. The molecular formula is C7H10N4. The summed E-state index contributed by atoms with van der Waals surface area (Å²) in [4.78, 5) is 3.96. The summed E-state index contributed by atoms with van der Waals surface area (Å²) in [5, 5.41) is 9.26. The first-order valence-electron chi connectivity index (χ1n) is 3.29. The second kappa shape index (κ2) is 3.65. The van der Waals surface area contributed by atoms with Gasteiger partial charge in [0.2, 0.25) is 0 Å². The van der Waals surface area contributed by atoms with Crippen molar-refractivity contribution < 1.29 is 0 Å². The highest BCUT2D eigenvalue weighted by molar-refractivity contribution is 5.23. The Morgan fingerprint density at radius 2 is 2.18 bits per heavy atom. The van der Waals surface area contributed by atoms with Crippen LogP contribution in [0.3, 0.4) is 0 Å². The highest BCUT2D eigenvalue weighted by atomic mass is 15.5. The van der Waals surface area contributed by atoms with E-state index in [0.29, 0.717) is 5.82 Å². The van der Waals surface area contributed by atoms with Crippen molar-refractivity contribution in [2.24, 2.45) is 10.3 Å². The van der Waals surface area contributed by atoms with Gasteiger partial charge in [-0.1, -0.05) is 11.3 Å². The Bertz CT molecular complexity index is 229. The number of pyridine rings is 1. The van der Waals surface area contributed by atoms with Gasteiger partial charge in [0.1, 0.15) is 0 Å². The molecule has 1 aromatic rings. The Kier molecular flexibility index (Phi) is 2.54. The summed E-state index contributed by atoms with van der Waals surface area (Å²) in [6.07, 6.45) is 1.68. The number of rotatable bonds is 2. The Labute approximate surface area is 65.6 Å². The quantitative estimate of drug-likeness (QED) is 0.475. The SMILES string of the molecule is CN(C)N=Nc1ccccn1. The van der Waals surface area contributed by atoms with Crippen LogP contribution in [0.15, 0.2) is 34.7 Å². The molecule has 0 fully saturated rings. The molecule has 0 aromatic carbocycles. The summed E-state index contributed by atoms with van der Waals surface area (Å²) in [6.45, 7) is 0. The van der Waals surface area contributed by atoms with Gasteiger partial charge in [-0.3, -0.25) is 5.01 Å². The van der Waals surface area contributed by atoms with Crippen LogP contribution in [0.5, 0.6) is 0 Å². The molecule has 0 saturated carbocycles. The predicted molar refractivity (Wildman–Crippen MR) is 42.4 cm³/mol. The third kappa shape index (κ3) is 2.75. The summed E-state index contributed by atoms with van der Waals surface area (Å²) in [7, 11) is 3.62. The molecule has 0 radical (unpaired) electrons. The summed E-state index contributed by atoms with van der Waals surface area (Å²) >= 11 is 0. The van der Waals surface area contributed by atoms with Gasteiger partial charge in [0.15, 0.2) is 5.82 Å². The van der Waals surface area contributed by atoms with Crippen molar-refractivity contribution >= 4 is 5.82 Å². The van der Waals surface area contributed by atoms with Gasteiger partial charge in [-0.2, -0.15) is 0 Å². The zero-order valence-corrected chi connectivity index (χ0v) is 6.60. The van der Waals surface area contributed by atoms with Gasteiger partial charge in [0.25, 0.3) is 0 Å². The normalized spacial score (nSPS) is 10.4. The molecule has 58 valence electrons. The molecule has 4 nitrogen and oxygen atoms in total. The molecule has 11 heavy (non-hydrogen) atoms. The predicted octanol–water partition coefficient (Wildman–Crippen LogP) is 1.64. The first-order valence-corrected chi connectivity index (χ1v) is 3.29. The van der Waals surface area contributed by atoms with Gasteiger partial charge >= 0.3 is 0 Å². The van der Waals surface area contributed by atoms with Crippen LogP contribution in [0, 0.1) is 0 Å². The first kappa shape index (κ1) is 7.65. The van der Waals surface area contributed by atoms with Crippen molar-refractivity contribution in [2.45, 2.75) is 0 Å². The van der Waals surface area contributed by atoms with Gasteiger partial charge in [0, 0.05) is 20.3 Å². The third-order valence-corrected chi connectivity index (χ3v) is 0.975. The van der Waals surface area contributed by atoms with E-state index < -0.39 is 0 Å². The molecule has 0 bridgehead atoms. The molecule has 0 aliphatic heterocycles. The van der Waals surface area contributed by atoms with Crippen LogP contribution in [0.25, 0.3) is 0 Å². The number of hydrogen-bond acceptors (Lipinski definition) is 3. The highest BCUT2D eigenvalue weighted by Gasteiger charge is 1.85. The van der Waals surface area contributed by atoms with Crippen LogP contribution in [-0.4, -0.2) is 24.1 Å². The molecule has 0 amide bonds. The van der Waals surface area contributed by atoms with E-state index in [1.165, 1.54) is 0 Å². The lowest BCUT2D eigenvalue weighted by Gasteiger charge is -1.98. The summed E-state index contributed by atoms with van der Waals surface area (Å²) in [6, 6.07) is 5.51. The van der Waals surface area contributed by atoms with Crippen molar-refractivity contribution in [1.82, 2.24) is 9.99 Å². The molecule has 0 atom stereocenters. The molecule has 1 rings (SSSR count). The van der Waals surface area contributed by atoms with Crippen LogP contribution in [-0.2, 0) is 0 Å². The fraction of sp³-hybridized carbons (Fsp3) is 0.286. The maximum atomic E-state index is 3.96. The molecular weight excluding hydrogens is 140 g/mol. The Morgan fingerprint density at radius 1 is 1.36 bits per heavy atom. The molecule has 0 N–H and O–H groups in total. The van der Waals surface area contributed by atoms with Crippen molar-refractivity contribution in [3.8, 4) is 0 Å². The molecule has 0 unspecified atom stereocenters. The van der Waals surface area contributed by atoms with Gasteiger partial charge in [-0.25, -0.2) is 4.98 Å². The van der Waals surface area contributed by atoms with Crippen LogP contribution in [0.4, 0.5) is 5.82 Å². The molecule has 4 heteroatoms. The Hall–Kier alpha value is -1.45. The van der Waals surface area contributed by atoms with E-state index in [9.17, 15) is 0 Å². The highest BCUT2D eigenvalue weighted by Crippen LogP contribution is 2.04. The largest absolute Gasteiger partial charge is 0.285 e. The van der Waals surface area contributed by atoms with Crippen molar-refractivity contribution in [3.63, 3.8) is 0 Å². The van der Waals surface area contributed by atoms with Crippen molar-refractivity contribution in [3.05, 3.63) is 24.4 Å². The molecule has 0 aliphatic carbocycles. The van der Waals surface area contributed by atoms with E-state index in [2.05, 4.69) is 15.3 Å². The second-order valence-electron chi connectivity index (χ2n) is 2.22. The summed E-state index contributed by atoms with van der Waals surface area (Å²) in [5.74, 6) is 0.626. The third-order valence-electron chi connectivity index (χ3n) is 0.975. The van der Waals surface area contributed by atoms with Crippen LogP contribution < -0.4 is 0 Å². The molecule has 1 heterocycles. The van der Waals surface area contributed by atoms with Gasteiger partial charge < -0.3 is 0 Å². The zero-order valence-electron chi connectivity index (χ0n) is 6.60. The number of aromatic nitrogens is 1. The first-order chi connectivity index (χ1) is 5.29. The zero-order chi connectivity index (χ0) is 8.10. The van der Waals surface area contributed by atoms with E-state index in [4.69, 9.17) is 0 Å². The van der Waals surface area contributed by atoms with Gasteiger partial charge in [0.05, 0.1) is 0 Å². The lowest BCUT2D eigenvalue weighted by atomic mass is 10.5.